The Morgan fingerprint density at radius 1 is 1.19 bits per heavy atom. The number of nitrogens with one attached hydrogen (secondary N) is 2. The van der Waals surface area contributed by atoms with E-state index in [1.54, 1.807) is 31.2 Å². The molecular weight excluding hydrogens is 424 g/mol. The Labute approximate surface area is 180 Å². The highest BCUT2D eigenvalue weighted by atomic mass is 32.2. The number of carbonyl (C=O) groups is 2. The molecule has 31 heavy (non-hydrogen) atoms. The van der Waals surface area contributed by atoms with E-state index >= 15 is 0 Å². The quantitative estimate of drug-likeness (QED) is 0.668. The second-order valence-corrected chi connectivity index (χ2v) is 9.46. The summed E-state index contributed by atoms with van der Waals surface area (Å²) in [5, 5.41) is 4.34. The second-order valence-electron chi connectivity index (χ2n) is 7.13. The highest BCUT2D eigenvalue weighted by Crippen LogP contribution is 2.35. The van der Waals surface area contributed by atoms with Crippen molar-refractivity contribution in [1.29, 1.82) is 0 Å². The van der Waals surface area contributed by atoms with Crippen LogP contribution in [0.4, 0.5) is 11.4 Å². The monoisotopic (exact) mass is 448 g/mol. The third-order valence-corrected chi connectivity index (χ3v) is 7.17. The number of hydrogen-bond acceptors (Lipinski definition) is 7. The minimum Gasteiger partial charge on any atom is -0.493 e. The summed E-state index contributed by atoms with van der Waals surface area (Å²) in [6.45, 7) is 2.92. The number of rotatable bonds is 7. The Hall–Kier alpha value is -3.27. The van der Waals surface area contributed by atoms with Crippen LogP contribution in [0.25, 0.3) is 0 Å². The van der Waals surface area contributed by atoms with Crippen LogP contribution in [-0.2, 0) is 19.4 Å². The van der Waals surface area contributed by atoms with Crippen LogP contribution in [0.1, 0.15) is 18.9 Å². The third kappa shape index (κ3) is 4.74. The van der Waals surface area contributed by atoms with E-state index in [1.807, 2.05) is 0 Å². The molecular formula is C21H24N2O7S. The smallest absolute Gasteiger partial charge is 0.262 e. The van der Waals surface area contributed by atoms with Gasteiger partial charge in [0.1, 0.15) is 5.75 Å². The average Bonchev–Trinajstić information content (AvgIpc) is 2.72. The van der Waals surface area contributed by atoms with Crippen LogP contribution in [-0.4, -0.2) is 46.3 Å². The number of amides is 2. The predicted molar refractivity (Wildman–Crippen MR) is 115 cm³/mol. The van der Waals surface area contributed by atoms with E-state index in [0.29, 0.717) is 28.4 Å². The number of hydrogen-bond donors (Lipinski definition) is 2. The predicted octanol–water partition coefficient (Wildman–Crippen LogP) is 2.53. The van der Waals surface area contributed by atoms with Gasteiger partial charge in [-0.2, -0.15) is 0 Å². The van der Waals surface area contributed by atoms with Crippen molar-refractivity contribution in [3.05, 3.63) is 35.9 Å². The lowest BCUT2D eigenvalue weighted by Crippen LogP contribution is -2.27. The number of carbonyl (C=O) groups excluding carboxylic acids is 2. The van der Waals surface area contributed by atoms with Gasteiger partial charge >= 0.3 is 0 Å². The lowest BCUT2D eigenvalue weighted by Gasteiger charge is -2.21. The van der Waals surface area contributed by atoms with Crippen molar-refractivity contribution in [2.45, 2.75) is 30.4 Å². The molecule has 1 aliphatic heterocycles. The fourth-order valence-corrected chi connectivity index (χ4v) is 4.82. The highest BCUT2D eigenvalue weighted by Gasteiger charge is 2.29. The number of anilines is 2. The number of aryl methyl sites for hydroxylation is 1. The van der Waals surface area contributed by atoms with Gasteiger partial charge in [-0.1, -0.05) is 0 Å². The van der Waals surface area contributed by atoms with Gasteiger partial charge in [0.15, 0.2) is 27.9 Å². The van der Waals surface area contributed by atoms with E-state index in [-0.39, 0.29) is 29.6 Å². The summed E-state index contributed by atoms with van der Waals surface area (Å²) >= 11 is 0. The van der Waals surface area contributed by atoms with E-state index < -0.39 is 21.0 Å². The Morgan fingerprint density at radius 3 is 2.58 bits per heavy atom. The molecule has 2 aromatic rings. The van der Waals surface area contributed by atoms with Gasteiger partial charge in [0.05, 0.1) is 30.1 Å². The van der Waals surface area contributed by atoms with Gasteiger partial charge in [0, 0.05) is 24.2 Å². The molecule has 3 rings (SSSR count). The average molecular weight is 448 g/mol. The maximum Gasteiger partial charge on any atom is 0.262 e. The largest absolute Gasteiger partial charge is 0.493 e. The van der Waals surface area contributed by atoms with Gasteiger partial charge in [-0.15, -0.1) is 0 Å². The first-order valence-electron chi connectivity index (χ1n) is 9.48. The molecule has 2 amide bonds. The minimum absolute atomic E-state index is 0.0637. The molecule has 0 unspecified atom stereocenters. The zero-order valence-corrected chi connectivity index (χ0v) is 18.5. The second kappa shape index (κ2) is 8.84. The van der Waals surface area contributed by atoms with E-state index in [2.05, 4.69) is 10.6 Å². The summed E-state index contributed by atoms with van der Waals surface area (Å²) in [7, 11) is -0.841. The van der Waals surface area contributed by atoms with Crippen LogP contribution < -0.4 is 24.8 Å². The summed E-state index contributed by atoms with van der Waals surface area (Å²) < 4.78 is 41.9. The maximum atomic E-state index is 13.1. The molecule has 0 aliphatic carbocycles. The molecule has 1 atom stereocenters. The van der Waals surface area contributed by atoms with Gasteiger partial charge in [-0.3, -0.25) is 9.59 Å². The third-order valence-electron chi connectivity index (χ3n) is 4.89. The maximum absolute atomic E-state index is 13.1. The highest BCUT2D eigenvalue weighted by molar-refractivity contribution is 7.92. The van der Waals surface area contributed by atoms with Crippen LogP contribution in [0.3, 0.4) is 0 Å². The number of methoxy groups -OCH3 is 2. The van der Waals surface area contributed by atoms with Gasteiger partial charge in [0.25, 0.3) is 5.91 Å². The van der Waals surface area contributed by atoms with Crippen LogP contribution in [0, 0.1) is 6.92 Å². The molecule has 0 saturated carbocycles. The van der Waals surface area contributed by atoms with E-state index in [9.17, 15) is 18.0 Å². The minimum atomic E-state index is -3.83. The number of fused-ring (bicyclic) bond motifs is 1. The van der Waals surface area contributed by atoms with Gasteiger partial charge in [0.2, 0.25) is 5.91 Å². The van der Waals surface area contributed by atoms with Crippen molar-refractivity contribution < 1.29 is 32.2 Å². The van der Waals surface area contributed by atoms with Crippen LogP contribution in [0.15, 0.2) is 35.2 Å². The molecule has 9 nitrogen and oxygen atoms in total. The molecule has 1 aliphatic rings. The summed E-state index contributed by atoms with van der Waals surface area (Å²) in [4.78, 5) is 24.0. The van der Waals surface area contributed by atoms with Crippen molar-refractivity contribution in [2.75, 3.05) is 31.5 Å². The molecule has 2 N–H and O–H groups in total. The zero-order valence-electron chi connectivity index (χ0n) is 17.6. The molecule has 0 radical (unpaired) electrons. The molecule has 0 saturated heterocycles. The molecule has 1 heterocycles. The van der Waals surface area contributed by atoms with E-state index in [1.165, 1.54) is 27.2 Å². The molecule has 166 valence electrons. The zero-order chi connectivity index (χ0) is 22.8. The van der Waals surface area contributed by atoms with Crippen LogP contribution in [0.2, 0.25) is 0 Å². The van der Waals surface area contributed by atoms with Crippen molar-refractivity contribution in [3.8, 4) is 17.2 Å². The molecule has 0 spiro atoms. The van der Waals surface area contributed by atoms with Crippen LogP contribution >= 0.6 is 0 Å². The number of sulfone groups is 1. The lowest BCUT2D eigenvalue weighted by atomic mass is 10.2. The fourth-order valence-electron chi connectivity index (χ4n) is 3.24. The first kappa shape index (κ1) is 22.4. The van der Waals surface area contributed by atoms with Gasteiger partial charge in [-0.05, 0) is 37.6 Å². The normalized spacial score (nSPS) is 14.0. The van der Waals surface area contributed by atoms with Gasteiger partial charge in [-0.25, -0.2) is 8.42 Å². The molecule has 10 heteroatoms. The summed E-state index contributed by atoms with van der Waals surface area (Å²) in [5.74, 6) is 0.478. The first-order valence-corrected chi connectivity index (χ1v) is 11.0. The van der Waals surface area contributed by atoms with Crippen molar-refractivity contribution in [3.63, 3.8) is 0 Å². The first-order chi connectivity index (χ1) is 14.6. The standard InChI is InChI=1S/C21H24N2O7S/c1-12-7-15-17(30-11-21(25)23-15)10-19(12)31(26,27)13(2)8-20(24)22-14-5-6-16(28-3)18(9-14)29-4/h5-7,9-10,13H,8,11H2,1-4H3,(H,22,24)(H,23,25)/t13-/m1/s1. The molecule has 0 bridgehead atoms. The topological polar surface area (TPSA) is 120 Å². The summed E-state index contributed by atoms with van der Waals surface area (Å²) in [5.41, 5.74) is 1.34. The lowest BCUT2D eigenvalue weighted by molar-refractivity contribution is -0.118. The fraction of sp³-hybridized carbons (Fsp3) is 0.333. The molecule has 2 aromatic carbocycles. The van der Waals surface area contributed by atoms with E-state index in [4.69, 9.17) is 14.2 Å². The van der Waals surface area contributed by atoms with Gasteiger partial charge < -0.3 is 24.8 Å². The Kier molecular flexibility index (Phi) is 6.40. The number of ether oxygens (including phenoxy) is 3. The SMILES string of the molecule is COc1ccc(NC(=O)C[C@@H](C)S(=O)(=O)c2cc3c(cc2C)NC(=O)CO3)cc1OC. The van der Waals surface area contributed by atoms with Crippen molar-refractivity contribution >= 4 is 33.0 Å². The summed E-state index contributed by atoms with van der Waals surface area (Å²) in [6, 6.07) is 7.81. The van der Waals surface area contributed by atoms with Crippen molar-refractivity contribution in [1.82, 2.24) is 0 Å². The summed E-state index contributed by atoms with van der Waals surface area (Å²) in [6.07, 6.45) is -0.245. The number of benzene rings is 2. The van der Waals surface area contributed by atoms with Crippen LogP contribution in [0.5, 0.6) is 17.2 Å². The Morgan fingerprint density at radius 2 is 1.90 bits per heavy atom. The Bertz CT molecular complexity index is 1130. The van der Waals surface area contributed by atoms with Crippen molar-refractivity contribution in [2.24, 2.45) is 0 Å². The van der Waals surface area contributed by atoms with E-state index in [0.717, 1.165) is 0 Å². The molecule has 0 aromatic heterocycles. The Balaban J connectivity index is 1.76. The molecule has 0 fully saturated rings.